The van der Waals surface area contributed by atoms with Gasteiger partial charge in [-0.05, 0) is 48.4 Å². The third-order valence-corrected chi connectivity index (χ3v) is 3.08. The van der Waals surface area contributed by atoms with Gasteiger partial charge in [-0.1, -0.05) is 12.1 Å². The number of nitrogens with zero attached hydrogens (tertiary/aromatic N) is 1. The van der Waals surface area contributed by atoms with E-state index < -0.39 is 0 Å². The molecule has 4 nitrogen and oxygen atoms in total. The highest BCUT2D eigenvalue weighted by atomic mass is 19.1. The Morgan fingerprint density at radius 3 is 2.64 bits per heavy atom. The minimum atomic E-state index is -0.301. The van der Waals surface area contributed by atoms with Crippen molar-refractivity contribution in [3.05, 3.63) is 65.0 Å². The van der Waals surface area contributed by atoms with E-state index >= 15 is 0 Å². The van der Waals surface area contributed by atoms with Crippen LogP contribution in [0.4, 0.5) is 4.39 Å². The van der Waals surface area contributed by atoms with Crippen molar-refractivity contribution < 1.29 is 13.9 Å². The van der Waals surface area contributed by atoms with Gasteiger partial charge in [0.2, 0.25) is 0 Å². The maximum atomic E-state index is 13.4. The molecule has 0 fully saturated rings. The molecule has 0 bridgehead atoms. The van der Waals surface area contributed by atoms with Gasteiger partial charge in [0.05, 0.1) is 11.6 Å². The zero-order valence-electron chi connectivity index (χ0n) is 12.1. The van der Waals surface area contributed by atoms with Crippen molar-refractivity contribution in [2.45, 2.75) is 13.5 Å². The van der Waals surface area contributed by atoms with Crippen LogP contribution in [0.25, 0.3) is 0 Å². The van der Waals surface area contributed by atoms with Crippen LogP contribution in [0, 0.1) is 24.1 Å². The van der Waals surface area contributed by atoms with Gasteiger partial charge >= 0.3 is 0 Å². The molecule has 22 heavy (non-hydrogen) atoms. The predicted octanol–water partition coefficient (Wildman–Crippen LogP) is 2.70. The van der Waals surface area contributed by atoms with Gasteiger partial charge in [0, 0.05) is 6.54 Å². The topological polar surface area (TPSA) is 62.1 Å². The zero-order chi connectivity index (χ0) is 15.9. The highest BCUT2D eigenvalue weighted by molar-refractivity contribution is 5.77. The summed E-state index contributed by atoms with van der Waals surface area (Å²) in [4.78, 5) is 11.7. The molecule has 0 radical (unpaired) electrons. The maximum absolute atomic E-state index is 13.4. The summed E-state index contributed by atoms with van der Waals surface area (Å²) in [6, 6.07) is 13.3. The lowest BCUT2D eigenvalue weighted by Gasteiger charge is -2.08. The minimum absolute atomic E-state index is 0.139. The molecule has 2 aromatic carbocycles. The number of nitriles is 1. The molecule has 2 rings (SSSR count). The van der Waals surface area contributed by atoms with Crippen LogP contribution in [0.3, 0.4) is 0 Å². The Bertz CT molecular complexity index is 706. The Kier molecular flexibility index (Phi) is 5.10. The van der Waals surface area contributed by atoms with Gasteiger partial charge in [0.1, 0.15) is 11.6 Å². The molecule has 5 heteroatoms. The van der Waals surface area contributed by atoms with Crippen molar-refractivity contribution in [1.29, 1.82) is 5.26 Å². The van der Waals surface area contributed by atoms with E-state index in [-0.39, 0.29) is 24.9 Å². The largest absolute Gasteiger partial charge is 0.484 e. The van der Waals surface area contributed by atoms with E-state index in [1.165, 1.54) is 6.07 Å². The summed E-state index contributed by atoms with van der Waals surface area (Å²) < 4.78 is 18.7. The first kappa shape index (κ1) is 15.5. The van der Waals surface area contributed by atoms with Crippen LogP contribution in [-0.2, 0) is 11.3 Å². The van der Waals surface area contributed by atoms with E-state index in [0.29, 0.717) is 22.4 Å². The number of nitrogens with one attached hydrogen (secondary N) is 1. The molecule has 1 N–H and O–H groups in total. The molecule has 0 heterocycles. The first-order valence-corrected chi connectivity index (χ1v) is 6.73. The Balaban J connectivity index is 1.80. The highest BCUT2D eigenvalue weighted by Crippen LogP contribution is 2.11. The molecule has 0 atom stereocenters. The lowest BCUT2D eigenvalue weighted by Crippen LogP contribution is -2.28. The Morgan fingerprint density at radius 1 is 1.27 bits per heavy atom. The zero-order valence-corrected chi connectivity index (χ0v) is 12.1. The molecular weight excluding hydrogens is 283 g/mol. The van der Waals surface area contributed by atoms with Crippen molar-refractivity contribution in [2.24, 2.45) is 0 Å². The standard InChI is InChI=1S/C17H15FN2O2/c1-12-2-3-14(8-16(12)18)10-20-17(21)11-22-15-6-4-13(9-19)5-7-15/h2-8H,10-11H2,1H3,(H,20,21). The van der Waals surface area contributed by atoms with Crippen molar-refractivity contribution >= 4 is 5.91 Å². The lowest BCUT2D eigenvalue weighted by molar-refractivity contribution is -0.123. The second-order valence-corrected chi connectivity index (χ2v) is 4.79. The van der Waals surface area contributed by atoms with E-state index in [1.807, 2.05) is 6.07 Å². The average Bonchev–Trinajstić information content (AvgIpc) is 2.54. The van der Waals surface area contributed by atoms with Crippen LogP contribution in [0.5, 0.6) is 5.75 Å². The van der Waals surface area contributed by atoms with Gasteiger partial charge in [-0.3, -0.25) is 4.79 Å². The highest BCUT2D eigenvalue weighted by Gasteiger charge is 2.04. The Labute approximate surface area is 128 Å². The summed E-state index contributed by atoms with van der Waals surface area (Å²) in [5.41, 5.74) is 1.78. The summed E-state index contributed by atoms with van der Waals surface area (Å²) >= 11 is 0. The normalized spacial score (nSPS) is 9.86. The molecule has 0 aromatic heterocycles. The third-order valence-electron chi connectivity index (χ3n) is 3.08. The lowest BCUT2D eigenvalue weighted by atomic mass is 10.1. The molecule has 0 aliphatic carbocycles. The number of carbonyl (C=O) groups excluding carboxylic acids is 1. The minimum Gasteiger partial charge on any atom is -0.484 e. The molecule has 0 saturated carbocycles. The molecule has 0 aliphatic rings. The van der Waals surface area contributed by atoms with Crippen LogP contribution < -0.4 is 10.1 Å². The Hall–Kier alpha value is -2.87. The number of hydrogen-bond donors (Lipinski definition) is 1. The molecule has 2 aromatic rings. The molecular formula is C17H15FN2O2. The van der Waals surface area contributed by atoms with Crippen molar-refractivity contribution in [2.75, 3.05) is 6.61 Å². The molecule has 0 unspecified atom stereocenters. The number of carbonyl (C=O) groups is 1. The summed E-state index contributed by atoms with van der Waals surface area (Å²) in [7, 11) is 0. The van der Waals surface area contributed by atoms with Gasteiger partial charge in [-0.25, -0.2) is 4.39 Å². The van der Waals surface area contributed by atoms with E-state index in [2.05, 4.69) is 5.32 Å². The molecule has 1 amide bonds. The number of halogens is 1. The van der Waals surface area contributed by atoms with E-state index in [0.717, 1.165) is 0 Å². The number of aryl methyl sites for hydroxylation is 1. The van der Waals surface area contributed by atoms with Crippen molar-refractivity contribution in [3.63, 3.8) is 0 Å². The quantitative estimate of drug-likeness (QED) is 0.923. The maximum Gasteiger partial charge on any atom is 0.258 e. The summed E-state index contributed by atoms with van der Waals surface area (Å²) in [5.74, 6) is -0.0820. The van der Waals surface area contributed by atoms with Crippen LogP contribution in [0.2, 0.25) is 0 Å². The van der Waals surface area contributed by atoms with E-state index in [4.69, 9.17) is 10.00 Å². The van der Waals surface area contributed by atoms with Crippen molar-refractivity contribution in [1.82, 2.24) is 5.32 Å². The second kappa shape index (κ2) is 7.23. The number of rotatable bonds is 5. The SMILES string of the molecule is Cc1ccc(CNC(=O)COc2ccc(C#N)cc2)cc1F. The van der Waals surface area contributed by atoms with Crippen LogP contribution in [0.15, 0.2) is 42.5 Å². The van der Waals surface area contributed by atoms with Crippen molar-refractivity contribution in [3.8, 4) is 11.8 Å². The molecule has 0 spiro atoms. The monoisotopic (exact) mass is 298 g/mol. The van der Waals surface area contributed by atoms with Gasteiger partial charge < -0.3 is 10.1 Å². The van der Waals surface area contributed by atoms with Crippen LogP contribution in [-0.4, -0.2) is 12.5 Å². The van der Waals surface area contributed by atoms with Gasteiger partial charge in [0.25, 0.3) is 5.91 Å². The van der Waals surface area contributed by atoms with Crippen LogP contribution in [0.1, 0.15) is 16.7 Å². The van der Waals surface area contributed by atoms with Gasteiger partial charge in [-0.2, -0.15) is 5.26 Å². The second-order valence-electron chi connectivity index (χ2n) is 4.79. The average molecular weight is 298 g/mol. The fourth-order valence-electron chi connectivity index (χ4n) is 1.77. The third kappa shape index (κ3) is 4.32. The number of benzene rings is 2. The van der Waals surface area contributed by atoms with E-state index in [9.17, 15) is 9.18 Å². The van der Waals surface area contributed by atoms with E-state index in [1.54, 1.807) is 43.3 Å². The first-order chi connectivity index (χ1) is 10.6. The summed E-state index contributed by atoms with van der Waals surface area (Å²) in [6.07, 6.45) is 0. The molecule has 112 valence electrons. The summed E-state index contributed by atoms with van der Waals surface area (Å²) in [5, 5.41) is 11.3. The summed E-state index contributed by atoms with van der Waals surface area (Å²) in [6.45, 7) is 1.79. The number of amides is 1. The van der Waals surface area contributed by atoms with Gasteiger partial charge in [0.15, 0.2) is 6.61 Å². The smallest absolute Gasteiger partial charge is 0.258 e. The first-order valence-electron chi connectivity index (χ1n) is 6.73. The number of ether oxygens (including phenoxy) is 1. The van der Waals surface area contributed by atoms with Crippen LogP contribution >= 0.6 is 0 Å². The molecule has 0 aliphatic heterocycles. The number of hydrogen-bond acceptors (Lipinski definition) is 3. The molecule has 0 saturated heterocycles. The fraction of sp³-hybridized carbons (Fsp3) is 0.176. The Morgan fingerprint density at radius 2 is 2.00 bits per heavy atom. The van der Waals surface area contributed by atoms with Gasteiger partial charge in [-0.15, -0.1) is 0 Å². The fourth-order valence-corrected chi connectivity index (χ4v) is 1.77. The predicted molar refractivity (Wildman–Crippen MR) is 79.6 cm³/mol.